The van der Waals surface area contributed by atoms with Gasteiger partial charge >= 0.3 is 0 Å². The first-order valence-corrected chi connectivity index (χ1v) is 8.28. The molecule has 0 bridgehead atoms. The summed E-state index contributed by atoms with van der Waals surface area (Å²) in [5.74, 6) is 0. The van der Waals surface area contributed by atoms with E-state index in [9.17, 15) is 0 Å². The van der Waals surface area contributed by atoms with Gasteiger partial charge in [-0.2, -0.15) is 0 Å². The molecule has 19 heavy (non-hydrogen) atoms. The van der Waals surface area contributed by atoms with Gasteiger partial charge in [-0.25, -0.2) is 0 Å². The van der Waals surface area contributed by atoms with Crippen molar-refractivity contribution in [3.63, 3.8) is 0 Å². The normalized spacial score (nSPS) is 11.8. The highest BCUT2D eigenvalue weighted by atomic mass is 79.9. The zero-order valence-corrected chi connectivity index (χ0v) is 15.0. The summed E-state index contributed by atoms with van der Waals surface area (Å²) in [7, 11) is 0. The van der Waals surface area contributed by atoms with E-state index in [2.05, 4.69) is 68.1 Å². The largest absolute Gasteiger partial charge is 0.306 e. The highest BCUT2D eigenvalue weighted by Gasteiger charge is 2.12. The smallest absolute Gasteiger partial charge is 0.147 e. The third-order valence-corrected chi connectivity index (χ3v) is 4.23. The average Bonchev–Trinajstić information content (AvgIpc) is 2.72. The van der Waals surface area contributed by atoms with Gasteiger partial charge in [-0.05, 0) is 39.0 Å². The van der Waals surface area contributed by atoms with Crippen LogP contribution in [0.2, 0.25) is 0 Å². The van der Waals surface area contributed by atoms with Gasteiger partial charge in [-0.3, -0.25) is 0 Å². The van der Waals surface area contributed by atoms with E-state index in [1.807, 2.05) is 18.2 Å². The molecule has 0 aliphatic rings. The van der Waals surface area contributed by atoms with E-state index in [1.54, 1.807) is 11.3 Å². The quantitative estimate of drug-likeness (QED) is 0.810. The molecule has 0 atom stereocenters. The highest BCUT2D eigenvalue weighted by Crippen LogP contribution is 2.29. The molecule has 0 saturated carbocycles. The van der Waals surface area contributed by atoms with Crippen LogP contribution in [-0.4, -0.2) is 15.7 Å². The van der Waals surface area contributed by atoms with Crippen molar-refractivity contribution in [1.82, 2.24) is 15.5 Å². The number of rotatable bonds is 3. The molecule has 0 radical (unpaired) electrons. The molecule has 0 aliphatic carbocycles. The molecule has 0 spiro atoms. The van der Waals surface area contributed by atoms with Crippen LogP contribution < -0.4 is 5.32 Å². The third kappa shape index (κ3) is 4.63. The van der Waals surface area contributed by atoms with E-state index in [-0.39, 0.29) is 5.54 Å². The molecule has 2 aromatic rings. The fraction of sp³-hybridized carbons (Fsp3) is 0.385. The SMILES string of the molecule is CC(C)(C)NCc1nnc(-c2cc(Br)cc(Br)c2)s1. The lowest BCUT2D eigenvalue weighted by Crippen LogP contribution is -2.35. The third-order valence-electron chi connectivity index (χ3n) is 2.35. The lowest BCUT2D eigenvalue weighted by Gasteiger charge is -2.19. The molecule has 2 rings (SSSR count). The Labute approximate surface area is 134 Å². The van der Waals surface area contributed by atoms with Crippen molar-refractivity contribution in [2.24, 2.45) is 0 Å². The molecule has 3 nitrogen and oxygen atoms in total. The molecule has 0 amide bonds. The second-order valence-corrected chi connectivity index (χ2v) is 8.16. The van der Waals surface area contributed by atoms with Crippen LogP contribution >= 0.6 is 43.2 Å². The minimum atomic E-state index is 0.0879. The van der Waals surface area contributed by atoms with E-state index in [4.69, 9.17) is 0 Å². The van der Waals surface area contributed by atoms with E-state index >= 15 is 0 Å². The molecule has 0 unspecified atom stereocenters. The van der Waals surface area contributed by atoms with E-state index in [1.165, 1.54) is 0 Å². The van der Waals surface area contributed by atoms with Gasteiger partial charge in [0.25, 0.3) is 0 Å². The van der Waals surface area contributed by atoms with Gasteiger partial charge in [0.2, 0.25) is 0 Å². The Hall–Kier alpha value is -0.300. The Morgan fingerprint density at radius 1 is 1.11 bits per heavy atom. The molecule has 1 heterocycles. The Bertz CT molecular complexity index is 555. The highest BCUT2D eigenvalue weighted by molar-refractivity contribution is 9.11. The van der Waals surface area contributed by atoms with Gasteiger partial charge in [0.05, 0.1) is 6.54 Å². The summed E-state index contributed by atoms with van der Waals surface area (Å²) in [5, 5.41) is 13.8. The van der Waals surface area contributed by atoms with Gasteiger partial charge < -0.3 is 5.32 Å². The Morgan fingerprint density at radius 2 is 1.74 bits per heavy atom. The van der Waals surface area contributed by atoms with Gasteiger partial charge in [-0.15, -0.1) is 10.2 Å². The van der Waals surface area contributed by atoms with Crippen LogP contribution in [0.5, 0.6) is 0 Å². The number of benzene rings is 1. The zero-order valence-electron chi connectivity index (χ0n) is 11.0. The van der Waals surface area contributed by atoms with Crippen molar-refractivity contribution < 1.29 is 0 Å². The minimum absolute atomic E-state index is 0.0879. The molecular weight excluding hydrogens is 390 g/mol. The number of aromatic nitrogens is 2. The fourth-order valence-corrected chi connectivity index (χ4v) is 3.52. The molecular formula is C13H15Br2N3S. The summed E-state index contributed by atoms with van der Waals surface area (Å²) < 4.78 is 2.06. The molecule has 1 N–H and O–H groups in total. The first-order chi connectivity index (χ1) is 8.83. The number of nitrogens with one attached hydrogen (secondary N) is 1. The predicted molar refractivity (Wildman–Crippen MR) is 87.3 cm³/mol. The maximum absolute atomic E-state index is 4.26. The molecule has 102 valence electrons. The van der Waals surface area contributed by atoms with Crippen LogP contribution in [0.4, 0.5) is 0 Å². The molecule has 6 heteroatoms. The van der Waals surface area contributed by atoms with Crippen molar-refractivity contribution in [2.45, 2.75) is 32.9 Å². The van der Waals surface area contributed by atoms with Gasteiger partial charge in [-0.1, -0.05) is 43.2 Å². The molecule has 0 fully saturated rings. The number of hydrogen-bond donors (Lipinski definition) is 1. The molecule has 0 aliphatic heterocycles. The van der Waals surface area contributed by atoms with E-state index in [0.29, 0.717) is 0 Å². The van der Waals surface area contributed by atoms with Crippen LogP contribution in [0.3, 0.4) is 0 Å². The van der Waals surface area contributed by atoms with Crippen LogP contribution in [0.25, 0.3) is 10.6 Å². The van der Waals surface area contributed by atoms with Crippen LogP contribution in [0.1, 0.15) is 25.8 Å². The van der Waals surface area contributed by atoms with Gasteiger partial charge in [0.1, 0.15) is 10.0 Å². The maximum atomic E-state index is 4.26. The first kappa shape index (κ1) is 15.1. The first-order valence-electron chi connectivity index (χ1n) is 5.87. The van der Waals surface area contributed by atoms with Crippen molar-refractivity contribution >= 4 is 43.2 Å². The van der Waals surface area contributed by atoms with Gasteiger partial charge in [0.15, 0.2) is 0 Å². The number of hydrogen-bond acceptors (Lipinski definition) is 4. The van der Waals surface area contributed by atoms with Crippen molar-refractivity contribution in [1.29, 1.82) is 0 Å². The molecule has 1 aromatic heterocycles. The lowest BCUT2D eigenvalue weighted by atomic mass is 10.1. The van der Waals surface area contributed by atoms with Crippen LogP contribution in [-0.2, 0) is 6.54 Å². The van der Waals surface area contributed by atoms with Crippen LogP contribution in [0, 0.1) is 0 Å². The summed E-state index contributed by atoms with van der Waals surface area (Å²) in [4.78, 5) is 0. The van der Waals surface area contributed by atoms with Crippen molar-refractivity contribution in [2.75, 3.05) is 0 Å². The summed E-state index contributed by atoms with van der Waals surface area (Å²) >= 11 is 8.59. The van der Waals surface area contributed by atoms with Crippen LogP contribution in [0.15, 0.2) is 27.1 Å². The minimum Gasteiger partial charge on any atom is -0.306 e. The monoisotopic (exact) mass is 403 g/mol. The van der Waals surface area contributed by atoms with E-state index in [0.717, 1.165) is 31.1 Å². The topological polar surface area (TPSA) is 37.8 Å². The van der Waals surface area contributed by atoms with Gasteiger partial charge in [0, 0.05) is 20.0 Å². The lowest BCUT2D eigenvalue weighted by molar-refractivity contribution is 0.423. The summed E-state index contributed by atoms with van der Waals surface area (Å²) in [5.41, 5.74) is 1.16. The number of nitrogens with zero attached hydrogens (tertiary/aromatic N) is 2. The Kier molecular flexibility index (Phi) is 4.76. The summed E-state index contributed by atoms with van der Waals surface area (Å²) in [6.07, 6.45) is 0. The Balaban J connectivity index is 2.16. The van der Waals surface area contributed by atoms with E-state index < -0.39 is 0 Å². The number of halogens is 2. The Morgan fingerprint density at radius 3 is 2.32 bits per heavy atom. The van der Waals surface area contributed by atoms with Crippen molar-refractivity contribution in [3.05, 3.63) is 32.2 Å². The zero-order chi connectivity index (χ0) is 14.0. The molecule has 1 aromatic carbocycles. The second kappa shape index (κ2) is 5.99. The summed E-state index contributed by atoms with van der Waals surface area (Å²) in [6, 6.07) is 6.10. The van der Waals surface area contributed by atoms with Crippen molar-refractivity contribution in [3.8, 4) is 10.6 Å². The second-order valence-electron chi connectivity index (χ2n) is 5.26. The predicted octanol–water partition coefficient (Wildman–Crippen LogP) is 4.62. The standard InChI is InChI=1S/C13H15Br2N3S/c1-13(2,3)16-7-11-17-18-12(19-11)8-4-9(14)6-10(15)5-8/h4-6,16H,7H2,1-3H3. The molecule has 0 saturated heterocycles. The fourth-order valence-electron chi connectivity index (χ4n) is 1.46. The average molecular weight is 405 g/mol. The maximum Gasteiger partial charge on any atom is 0.147 e. The summed E-state index contributed by atoms with van der Waals surface area (Å²) in [6.45, 7) is 7.16.